The SMILES string of the molecule is COc1cc(OC)c(OC)cc1CN1CCN(C)CC1. The fourth-order valence-corrected chi connectivity index (χ4v) is 2.46. The lowest BCUT2D eigenvalue weighted by Crippen LogP contribution is -2.43. The molecule has 0 radical (unpaired) electrons. The molecule has 0 bridgehead atoms. The Kier molecular flexibility index (Phi) is 5.09. The van der Waals surface area contributed by atoms with Gasteiger partial charge in [-0.15, -0.1) is 0 Å². The Morgan fingerprint density at radius 2 is 1.40 bits per heavy atom. The van der Waals surface area contributed by atoms with Gasteiger partial charge in [0.2, 0.25) is 0 Å². The number of benzene rings is 1. The number of hydrogen-bond acceptors (Lipinski definition) is 5. The Labute approximate surface area is 121 Å². The zero-order valence-corrected chi connectivity index (χ0v) is 12.8. The lowest BCUT2D eigenvalue weighted by molar-refractivity contribution is 0.147. The number of likely N-dealkylation sites (N-methyl/N-ethyl adjacent to an activating group) is 1. The van der Waals surface area contributed by atoms with Crippen LogP contribution < -0.4 is 14.2 Å². The van der Waals surface area contributed by atoms with Gasteiger partial charge < -0.3 is 19.1 Å². The molecule has 0 aliphatic carbocycles. The summed E-state index contributed by atoms with van der Waals surface area (Å²) in [4.78, 5) is 4.78. The summed E-state index contributed by atoms with van der Waals surface area (Å²) in [5.41, 5.74) is 1.13. The molecule has 112 valence electrons. The predicted molar refractivity (Wildman–Crippen MR) is 78.9 cm³/mol. The van der Waals surface area contributed by atoms with Crippen LogP contribution in [-0.2, 0) is 6.54 Å². The highest BCUT2D eigenvalue weighted by Gasteiger charge is 2.18. The Balaban J connectivity index is 2.17. The number of rotatable bonds is 5. The van der Waals surface area contributed by atoms with Crippen molar-refractivity contribution in [2.24, 2.45) is 0 Å². The van der Waals surface area contributed by atoms with Crippen LogP contribution >= 0.6 is 0 Å². The summed E-state index contributed by atoms with van der Waals surface area (Å²) in [6.45, 7) is 5.24. The van der Waals surface area contributed by atoms with Crippen LogP contribution in [0.25, 0.3) is 0 Å². The maximum atomic E-state index is 5.48. The lowest BCUT2D eigenvalue weighted by Gasteiger charge is -2.32. The van der Waals surface area contributed by atoms with E-state index in [1.54, 1.807) is 21.3 Å². The first kappa shape index (κ1) is 14.9. The molecule has 0 N–H and O–H groups in total. The maximum absolute atomic E-state index is 5.48. The van der Waals surface area contributed by atoms with Gasteiger partial charge in [0.1, 0.15) is 5.75 Å². The number of piperazine rings is 1. The predicted octanol–water partition coefficient (Wildman–Crippen LogP) is 1.46. The minimum Gasteiger partial charge on any atom is -0.496 e. The quantitative estimate of drug-likeness (QED) is 0.816. The van der Waals surface area contributed by atoms with Crippen molar-refractivity contribution in [3.8, 4) is 17.2 Å². The molecule has 1 aliphatic rings. The lowest BCUT2D eigenvalue weighted by atomic mass is 10.1. The standard InChI is InChI=1S/C15H24N2O3/c1-16-5-7-17(8-6-16)11-12-9-14(19-3)15(20-4)10-13(12)18-2/h9-10H,5-8,11H2,1-4H3. The van der Waals surface area contributed by atoms with E-state index < -0.39 is 0 Å². The highest BCUT2D eigenvalue weighted by molar-refractivity contribution is 5.50. The van der Waals surface area contributed by atoms with E-state index in [1.807, 2.05) is 12.1 Å². The third-order valence-corrected chi connectivity index (χ3v) is 3.78. The van der Waals surface area contributed by atoms with Crippen molar-refractivity contribution >= 4 is 0 Å². The average molecular weight is 280 g/mol. The molecule has 1 saturated heterocycles. The molecule has 0 unspecified atom stereocenters. The molecule has 0 amide bonds. The molecule has 1 aliphatic heterocycles. The summed E-state index contributed by atoms with van der Waals surface area (Å²) in [6, 6.07) is 3.90. The van der Waals surface area contributed by atoms with E-state index in [-0.39, 0.29) is 0 Å². The van der Waals surface area contributed by atoms with Crippen LogP contribution in [0.5, 0.6) is 17.2 Å². The summed E-state index contributed by atoms with van der Waals surface area (Å²) >= 11 is 0. The third-order valence-electron chi connectivity index (χ3n) is 3.78. The number of ether oxygens (including phenoxy) is 3. The van der Waals surface area contributed by atoms with Crippen molar-refractivity contribution < 1.29 is 14.2 Å². The summed E-state index contributed by atoms with van der Waals surface area (Å²) < 4.78 is 16.2. The molecule has 1 fully saturated rings. The van der Waals surface area contributed by atoms with E-state index in [1.165, 1.54) is 0 Å². The van der Waals surface area contributed by atoms with E-state index in [0.29, 0.717) is 5.75 Å². The fraction of sp³-hybridized carbons (Fsp3) is 0.600. The summed E-state index contributed by atoms with van der Waals surface area (Å²) in [7, 11) is 7.14. The van der Waals surface area contributed by atoms with Gasteiger partial charge in [-0.2, -0.15) is 0 Å². The second kappa shape index (κ2) is 6.81. The second-order valence-corrected chi connectivity index (χ2v) is 5.10. The second-order valence-electron chi connectivity index (χ2n) is 5.10. The molecule has 2 rings (SSSR count). The Hall–Kier alpha value is -1.46. The molecule has 0 spiro atoms. The molecular weight excluding hydrogens is 256 g/mol. The van der Waals surface area contributed by atoms with Gasteiger partial charge in [0.15, 0.2) is 11.5 Å². The van der Waals surface area contributed by atoms with E-state index in [2.05, 4.69) is 16.8 Å². The molecule has 1 heterocycles. The van der Waals surface area contributed by atoms with Gasteiger partial charge in [0.05, 0.1) is 21.3 Å². The van der Waals surface area contributed by atoms with Gasteiger partial charge in [0, 0.05) is 44.4 Å². The monoisotopic (exact) mass is 280 g/mol. The first-order valence-corrected chi connectivity index (χ1v) is 6.87. The smallest absolute Gasteiger partial charge is 0.164 e. The fourth-order valence-electron chi connectivity index (χ4n) is 2.46. The third kappa shape index (κ3) is 3.35. The Morgan fingerprint density at radius 3 is 1.95 bits per heavy atom. The summed E-state index contributed by atoms with van der Waals surface area (Å²) in [5, 5.41) is 0. The van der Waals surface area contributed by atoms with Crippen LogP contribution in [0.2, 0.25) is 0 Å². The van der Waals surface area contributed by atoms with Crippen LogP contribution in [-0.4, -0.2) is 64.4 Å². The minimum absolute atomic E-state index is 0.700. The first-order chi connectivity index (χ1) is 9.67. The van der Waals surface area contributed by atoms with Crippen molar-refractivity contribution in [3.05, 3.63) is 17.7 Å². The normalized spacial score (nSPS) is 17.0. The van der Waals surface area contributed by atoms with Crippen molar-refractivity contribution in [2.75, 3.05) is 54.6 Å². The zero-order chi connectivity index (χ0) is 14.5. The Bertz CT molecular complexity index is 443. The molecule has 5 heteroatoms. The number of methoxy groups -OCH3 is 3. The molecule has 0 saturated carbocycles. The van der Waals surface area contributed by atoms with Crippen LogP contribution in [0, 0.1) is 0 Å². The molecule has 1 aromatic carbocycles. The number of nitrogens with zero attached hydrogens (tertiary/aromatic N) is 2. The van der Waals surface area contributed by atoms with Crippen molar-refractivity contribution in [2.45, 2.75) is 6.54 Å². The van der Waals surface area contributed by atoms with Gasteiger partial charge in [-0.25, -0.2) is 0 Å². The first-order valence-electron chi connectivity index (χ1n) is 6.87. The zero-order valence-electron chi connectivity index (χ0n) is 12.8. The molecule has 0 aromatic heterocycles. The molecule has 5 nitrogen and oxygen atoms in total. The molecule has 1 aromatic rings. The van der Waals surface area contributed by atoms with Crippen LogP contribution in [0.1, 0.15) is 5.56 Å². The van der Waals surface area contributed by atoms with Crippen molar-refractivity contribution in [1.29, 1.82) is 0 Å². The van der Waals surface area contributed by atoms with Crippen molar-refractivity contribution in [1.82, 2.24) is 9.80 Å². The minimum atomic E-state index is 0.700. The number of hydrogen-bond donors (Lipinski definition) is 0. The van der Waals surface area contributed by atoms with Gasteiger partial charge in [-0.1, -0.05) is 0 Å². The van der Waals surface area contributed by atoms with E-state index in [0.717, 1.165) is 49.8 Å². The van der Waals surface area contributed by atoms with E-state index >= 15 is 0 Å². The topological polar surface area (TPSA) is 34.2 Å². The Morgan fingerprint density at radius 1 is 0.850 bits per heavy atom. The van der Waals surface area contributed by atoms with Gasteiger partial charge in [-0.3, -0.25) is 4.90 Å². The van der Waals surface area contributed by atoms with Crippen molar-refractivity contribution in [3.63, 3.8) is 0 Å². The van der Waals surface area contributed by atoms with Gasteiger partial charge in [0.25, 0.3) is 0 Å². The summed E-state index contributed by atoms with van der Waals surface area (Å²) in [6.07, 6.45) is 0. The van der Waals surface area contributed by atoms with Crippen LogP contribution in [0.15, 0.2) is 12.1 Å². The molecular formula is C15H24N2O3. The van der Waals surface area contributed by atoms with Gasteiger partial charge >= 0.3 is 0 Å². The van der Waals surface area contributed by atoms with E-state index in [4.69, 9.17) is 14.2 Å². The highest BCUT2D eigenvalue weighted by Crippen LogP contribution is 2.35. The van der Waals surface area contributed by atoms with E-state index in [9.17, 15) is 0 Å². The molecule has 0 atom stereocenters. The highest BCUT2D eigenvalue weighted by atomic mass is 16.5. The van der Waals surface area contributed by atoms with Crippen LogP contribution in [0.4, 0.5) is 0 Å². The average Bonchev–Trinajstić information content (AvgIpc) is 2.49. The van der Waals surface area contributed by atoms with Gasteiger partial charge in [-0.05, 0) is 13.1 Å². The largest absolute Gasteiger partial charge is 0.496 e. The molecule has 20 heavy (non-hydrogen) atoms. The summed E-state index contributed by atoms with van der Waals surface area (Å²) in [5.74, 6) is 2.30. The maximum Gasteiger partial charge on any atom is 0.164 e. The van der Waals surface area contributed by atoms with Crippen LogP contribution in [0.3, 0.4) is 0 Å².